The number of benzene rings is 1. The van der Waals surface area contributed by atoms with Crippen LogP contribution in [0.3, 0.4) is 0 Å². The van der Waals surface area contributed by atoms with Crippen molar-refractivity contribution in [1.82, 2.24) is 14.0 Å². The maximum atomic E-state index is 15.2. The second-order valence-corrected chi connectivity index (χ2v) is 10.3. The molecular formula is C27H37FN4O5. The number of amides is 1. The number of ether oxygens (including phenoxy) is 1. The molecule has 1 aromatic carbocycles. The highest BCUT2D eigenvalue weighted by molar-refractivity contribution is 5.86. The van der Waals surface area contributed by atoms with Gasteiger partial charge in [0.05, 0.1) is 23.2 Å². The molecule has 1 saturated heterocycles. The van der Waals surface area contributed by atoms with E-state index in [0.717, 1.165) is 42.7 Å². The molecule has 37 heavy (non-hydrogen) atoms. The van der Waals surface area contributed by atoms with E-state index in [0.29, 0.717) is 24.9 Å². The number of nitrogens with zero attached hydrogens (tertiary/aromatic N) is 3. The fourth-order valence-electron chi connectivity index (χ4n) is 5.55. The molecule has 0 spiro atoms. The molecule has 4 rings (SSSR count). The molecule has 1 unspecified atom stereocenters. The van der Waals surface area contributed by atoms with Crippen LogP contribution >= 0.6 is 0 Å². The summed E-state index contributed by atoms with van der Waals surface area (Å²) in [4.78, 5) is 54.0. The van der Waals surface area contributed by atoms with Crippen molar-refractivity contribution in [1.29, 1.82) is 0 Å². The minimum Gasteiger partial charge on any atom is -0.464 e. The molecule has 2 fully saturated rings. The quantitative estimate of drug-likeness (QED) is 0.565. The number of rotatable bonds is 7. The van der Waals surface area contributed by atoms with Crippen LogP contribution in [0.15, 0.2) is 21.7 Å². The Hall–Kier alpha value is -3.17. The van der Waals surface area contributed by atoms with Crippen LogP contribution in [-0.4, -0.2) is 51.1 Å². The van der Waals surface area contributed by atoms with Crippen LogP contribution in [0.2, 0.25) is 0 Å². The topological polar surface area (TPSA) is 103 Å². The smallest absolute Gasteiger partial charge is 0.332 e. The summed E-state index contributed by atoms with van der Waals surface area (Å²) in [6.07, 6.45) is 7.18. The van der Waals surface area contributed by atoms with Gasteiger partial charge in [0.15, 0.2) is 0 Å². The van der Waals surface area contributed by atoms with Gasteiger partial charge < -0.3 is 15.0 Å². The van der Waals surface area contributed by atoms with Crippen molar-refractivity contribution in [3.8, 4) is 0 Å². The highest BCUT2D eigenvalue weighted by Gasteiger charge is 2.34. The molecule has 2 heterocycles. The first-order chi connectivity index (χ1) is 17.7. The van der Waals surface area contributed by atoms with E-state index in [1.54, 1.807) is 20.8 Å². The minimum absolute atomic E-state index is 0.0355. The third-order valence-corrected chi connectivity index (χ3v) is 7.41. The zero-order valence-electron chi connectivity index (χ0n) is 21.9. The third kappa shape index (κ3) is 5.57. The Bertz CT molecular complexity index is 1280. The second kappa shape index (κ2) is 11.5. The number of carbonyl (C=O) groups excluding carboxylic acids is 2. The number of nitrogens with one attached hydrogen (secondary N) is 1. The summed E-state index contributed by atoms with van der Waals surface area (Å²) in [5.41, 5.74) is -0.762. The van der Waals surface area contributed by atoms with Crippen molar-refractivity contribution in [3.05, 3.63) is 38.8 Å². The van der Waals surface area contributed by atoms with Gasteiger partial charge >= 0.3 is 11.7 Å². The van der Waals surface area contributed by atoms with Gasteiger partial charge in [-0.05, 0) is 65.0 Å². The van der Waals surface area contributed by atoms with Crippen molar-refractivity contribution >= 4 is 28.5 Å². The van der Waals surface area contributed by atoms with E-state index in [2.05, 4.69) is 5.32 Å². The maximum Gasteiger partial charge on any atom is 0.332 e. The molecular weight excluding hydrogens is 479 g/mol. The monoisotopic (exact) mass is 516 g/mol. The molecule has 2 aliphatic rings. The van der Waals surface area contributed by atoms with Crippen molar-refractivity contribution in [2.45, 2.75) is 96.8 Å². The lowest BCUT2D eigenvalue weighted by Gasteiger charge is -2.34. The average Bonchev–Trinajstić information content (AvgIpc) is 2.88. The molecule has 1 aliphatic carbocycles. The molecule has 10 heteroatoms. The van der Waals surface area contributed by atoms with Gasteiger partial charge in [-0.25, -0.2) is 14.0 Å². The molecule has 1 aromatic heterocycles. The molecule has 9 nitrogen and oxygen atoms in total. The summed E-state index contributed by atoms with van der Waals surface area (Å²) in [6.45, 7) is 5.32. The van der Waals surface area contributed by atoms with E-state index in [1.165, 1.54) is 22.0 Å². The molecule has 1 saturated carbocycles. The Morgan fingerprint density at radius 1 is 1.08 bits per heavy atom. The number of halogens is 1. The summed E-state index contributed by atoms with van der Waals surface area (Å²) in [5.74, 6) is -1.57. The summed E-state index contributed by atoms with van der Waals surface area (Å²) < 4.78 is 22.6. The Balaban J connectivity index is 1.72. The van der Waals surface area contributed by atoms with Gasteiger partial charge in [0.25, 0.3) is 5.56 Å². The largest absolute Gasteiger partial charge is 0.464 e. The molecule has 1 N–H and O–H groups in total. The summed E-state index contributed by atoms with van der Waals surface area (Å²) >= 11 is 0. The molecule has 0 bridgehead atoms. The number of carbonyl (C=O) groups is 2. The predicted molar refractivity (Wildman–Crippen MR) is 139 cm³/mol. The van der Waals surface area contributed by atoms with Crippen LogP contribution in [0.1, 0.15) is 78.2 Å². The van der Waals surface area contributed by atoms with Crippen LogP contribution in [-0.2, 0) is 20.9 Å². The van der Waals surface area contributed by atoms with E-state index < -0.39 is 41.5 Å². The fourth-order valence-corrected chi connectivity index (χ4v) is 5.55. The van der Waals surface area contributed by atoms with Crippen molar-refractivity contribution in [2.24, 2.45) is 0 Å². The molecule has 1 atom stereocenters. The first-order valence-corrected chi connectivity index (χ1v) is 13.4. The van der Waals surface area contributed by atoms with E-state index in [-0.39, 0.29) is 29.8 Å². The van der Waals surface area contributed by atoms with E-state index in [1.807, 2.05) is 0 Å². The van der Waals surface area contributed by atoms with E-state index in [9.17, 15) is 19.2 Å². The van der Waals surface area contributed by atoms with Crippen molar-refractivity contribution in [3.63, 3.8) is 0 Å². The van der Waals surface area contributed by atoms with Crippen LogP contribution in [0.5, 0.6) is 0 Å². The Kier molecular flexibility index (Phi) is 8.34. The van der Waals surface area contributed by atoms with Gasteiger partial charge in [-0.2, -0.15) is 0 Å². The number of hydrogen-bond donors (Lipinski definition) is 1. The molecule has 202 valence electrons. The number of aromatic nitrogens is 2. The lowest BCUT2D eigenvalue weighted by Crippen LogP contribution is -2.52. The third-order valence-electron chi connectivity index (χ3n) is 7.41. The van der Waals surface area contributed by atoms with Crippen molar-refractivity contribution in [2.75, 3.05) is 18.5 Å². The van der Waals surface area contributed by atoms with Gasteiger partial charge in [-0.15, -0.1) is 0 Å². The SMILES string of the molecule is CCOC(=O)C1CCCCN1C(=O)Cn1c(=O)c2cc(F)c(NC3CCCCC3)cc2n(C(C)C)c1=O. The van der Waals surface area contributed by atoms with Gasteiger partial charge in [0, 0.05) is 18.6 Å². The van der Waals surface area contributed by atoms with Gasteiger partial charge in [-0.3, -0.25) is 18.7 Å². The maximum absolute atomic E-state index is 15.2. The van der Waals surface area contributed by atoms with Crippen LogP contribution in [0, 0.1) is 5.82 Å². The average molecular weight is 517 g/mol. The number of anilines is 1. The summed E-state index contributed by atoms with van der Waals surface area (Å²) in [5, 5.41) is 3.29. The standard InChI is InChI=1S/C27H37FN4O5/c1-4-37-26(35)22-12-8-9-13-30(22)24(33)16-31-25(34)19-14-20(28)21(29-18-10-6-5-7-11-18)15-23(19)32(17(2)3)27(31)36/h14-15,17-18,22,29H,4-13,16H2,1-3H3. The number of hydrogen-bond acceptors (Lipinski definition) is 6. The Morgan fingerprint density at radius 2 is 1.78 bits per heavy atom. The number of likely N-dealkylation sites (tertiary alicyclic amines) is 1. The zero-order chi connectivity index (χ0) is 26.7. The normalized spacial score (nSPS) is 18.8. The van der Waals surface area contributed by atoms with Crippen LogP contribution in [0.4, 0.5) is 10.1 Å². The van der Waals surface area contributed by atoms with E-state index >= 15 is 4.39 Å². The minimum atomic E-state index is -0.740. The fraction of sp³-hybridized carbons (Fsp3) is 0.630. The van der Waals surface area contributed by atoms with Crippen LogP contribution in [0.25, 0.3) is 10.9 Å². The zero-order valence-corrected chi connectivity index (χ0v) is 21.9. The van der Waals surface area contributed by atoms with Crippen molar-refractivity contribution < 1.29 is 18.7 Å². The molecule has 0 radical (unpaired) electrons. The molecule has 1 aliphatic heterocycles. The predicted octanol–water partition coefficient (Wildman–Crippen LogP) is 3.57. The first kappa shape index (κ1) is 26.9. The van der Waals surface area contributed by atoms with E-state index in [4.69, 9.17) is 4.74 Å². The van der Waals surface area contributed by atoms with Gasteiger partial charge in [0.2, 0.25) is 5.91 Å². The number of esters is 1. The Labute approximate surface area is 215 Å². The number of fused-ring (bicyclic) bond motifs is 1. The Morgan fingerprint density at radius 3 is 2.46 bits per heavy atom. The van der Waals surface area contributed by atoms with Crippen LogP contribution < -0.4 is 16.6 Å². The molecule has 1 amide bonds. The van der Waals surface area contributed by atoms with Gasteiger partial charge in [-0.1, -0.05) is 19.3 Å². The highest BCUT2D eigenvalue weighted by atomic mass is 19.1. The summed E-state index contributed by atoms with van der Waals surface area (Å²) in [6, 6.07) is 1.76. The lowest BCUT2D eigenvalue weighted by atomic mass is 9.95. The van der Waals surface area contributed by atoms with Gasteiger partial charge in [0.1, 0.15) is 18.4 Å². The second-order valence-electron chi connectivity index (χ2n) is 10.3. The lowest BCUT2D eigenvalue weighted by molar-refractivity contribution is -0.156. The first-order valence-electron chi connectivity index (χ1n) is 13.4. The number of piperidine rings is 1. The highest BCUT2D eigenvalue weighted by Crippen LogP contribution is 2.27. The molecule has 2 aromatic rings. The summed E-state index contributed by atoms with van der Waals surface area (Å²) in [7, 11) is 0.